The summed E-state index contributed by atoms with van der Waals surface area (Å²) in [5, 5.41) is 0. The smallest absolute Gasteiger partial charge is 0.114 e. The van der Waals surface area contributed by atoms with Crippen LogP contribution in [0.3, 0.4) is 0 Å². The molecule has 0 atom stereocenters. The van der Waals surface area contributed by atoms with E-state index in [0.29, 0.717) is 6.54 Å². The Labute approximate surface area is 114 Å². The van der Waals surface area contributed by atoms with Crippen molar-refractivity contribution in [1.29, 1.82) is 0 Å². The first-order valence-electron chi connectivity index (χ1n) is 7.41. The van der Waals surface area contributed by atoms with E-state index in [4.69, 9.17) is 10.7 Å². The van der Waals surface area contributed by atoms with Crippen LogP contribution in [-0.4, -0.2) is 16.5 Å². The van der Waals surface area contributed by atoms with E-state index in [1.807, 2.05) is 0 Å². The standard InChI is InChI=1S/C16H23N3/c1-12-7-6-8-13-14(12)19-15(18-13)16(11-17)9-4-2-3-5-10-16/h6-8H,2-5,9-11,17H2,1H3,(H,18,19). The minimum Gasteiger partial charge on any atom is -0.341 e. The number of aromatic nitrogens is 2. The average Bonchev–Trinajstić information content (AvgIpc) is 2.72. The Kier molecular flexibility index (Phi) is 3.31. The summed E-state index contributed by atoms with van der Waals surface area (Å²) in [6, 6.07) is 6.32. The van der Waals surface area contributed by atoms with Crippen molar-refractivity contribution < 1.29 is 0 Å². The van der Waals surface area contributed by atoms with E-state index in [-0.39, 0.29) is 5.41 Å². The van der Waals surface area contributed by atoms with E-state index in [2.05, 4.69) is 30.1 Å². The molecule has 2 aromatic rings. The lowest BCUT2D eigenvalue weighted by molar-refractivity contribution is 0.363. The lowest BCUT2D eigenvalue weighted by atomic mass is 9.79. The average molecular weight is 257 g/mol. The quantitative estimate of drug-likeness (QED) is 0.810. The second kappa shape index (κ2) is 4.97. The van der Waals surface area contributed by atoms with Gasteiger partial charge >= 0.3 is 0 Å². The van der Waals surface area contributed by atoms with Crippen LogP contribution in [0, 0.1) is 6.92 Å². The molecule has 102 valence electrons. The van der Waals surface area contributed by atoms with E-state index >= 15 is 0 Å². The van der Waals surface area contributed by atoms with E-state index in [9.17, 15) is 0 Å². The van der Waals surface area contributed by atoms with Crippen molar-refractivity contribution in [1.82, 2.24) is 9.97 Å². The molecule has 3 N–H and O–H groups in total. The van der Waals surface area contributed by atoms with E-state index < -0.39 is 0 Å². The summed E-state index contributed by atoms with van der Waals surface area (Å²) in [6.07, 6.45) is 7.55. The van der Waals surface area contributed by atoms with Crippen LogP contribution >= 0.6 is 0 Å². The fourth-order valence-corrected chi connectivity index (χ4v) is 3.37. The fraction of sp³-hybridized carbons (Fsp3) is 0.562. The fourth-order valence-electron chi connectivity index (χ4n) is 3.37. The zero-order valence-electron chi connectivity index (χ0n) is 11.7. The number of nitrogens with two attached hydrogens (primary N) is 1. The third-order valence-electron chi connectivity index (χ3n) is 4.67. The van der Waals surface area contributed by atoms with Crippen molar-refractivity contribution >= 4 is 11.0 Å². The maximum atomic E-state index is 6.14. The molecule has 0 spiro atoms. The summed E-state index contributed by atoms with van der Waals surface area (Å²) >= 11 is 0. The molecule has 0 bridgehead atoms. The lowest BCUT2D eigenvalue weighted by Crippen LogP contribution is -2.35. The molecule has 3 nitrogen and oxygen atoms in total. The maximum absolute atomic E-state index is 6.14. The molecule has 1 aliphatic carbocycles. The van der Waals surface area contributed by atoms with Crippen LogP contribution in [-0.2, 0) is 5.41 Å². The molecule has 1 aromatic heterocycles. The SMILES string of the molecule is Cc1cccc2[nH]c(C3(CN)CCCCCC3)nc12. The maximum Gasteiger partial charge on any atom is 0.114 e. The third-order valence-corrected chi connectivity index (χ3v) is 4.67. The highest BCUT2D eigenvalue weighted by molar-refractivity contribution is 5.78. The minimum absolute atomic E-state index is 0.0714. The van der Waals surface area contributed by atoms with Crippen molar-refractivity contribution in [3.05, 3.63) is 29.6 Å². The van der Waals surface area contributed by atoms with Crippen molar-refractivity contribution in [2.24, 2.45) is 5.73 Å². The number of para-hydroxylation sites is 1. The van der Waals surface area contributed by atoms with Gasteiger partial charge in [-0.15, -0.1) is 0 Å². The Hall–Kier alpha value is -1.35. The minimum atomic E-state index is 0.0714. The summed E-state index contributed by atoms with van der Waals surface area (Å²) in [5.74, 6) is 1.11. The molecule has 1 fully saturated rings. The summed E-state index contributed by atoms with van der Waals surface area (Å²) < 4.78 is 0. The van der Waals surface area contributed by atoms with Gasteiger partial charge in [-0.2, -0.15) is 0 Å². The van der Waals surface area contributed by atoms with Gasteiger partial charge in [0.05, 0.1) is 11.0 Å². The number of rotatable bonds is 2. The molecule has 1 heterocycles. The van der Waals surface area contributed by atoms with Crippen molar-refractivity contribution in [3.63, 3.8) is 0 Å². The second-order valence-corrected chi connectivity index (χ2v) is 5.96. The Balaban J connectivity index is 2.07. The summed E-state index contributed by atoms with van der Waals surface area (Å²) in [6.45, 7) is 2.82. The number of aryl methyl sites for hydroxylation is 1. The molecule has 1 saturated carbocycles. The van der Waals surface area contributed by atoms with Crippen LogP contribution < -0.4 is 5.73 Å². The molecule has 0 saturated heterocycles. The molecule has 0 unspecified atom stereocenters. The van der Waals surface area contributed by atoms with Gasteiger partial charge in [0.1, 0.15) is 5.82 Å². The number of nitrogens with zero attached hydrogens (tertiary/aromatic N) is 1. The van der Waals surface area contributed by atoms with Gasteiger partial charge in [0.15, 0.2) is 0 Å². The first kappa shape index (κ1) is 12.7. The van der Waals surface area contributed by atoms with Gasteiger partial charge in [-0.3, -0.25) is 0 Å². The van der Waals surface area contributed by atoms with Crippen molar-refractivity contribution in [2.75, 3.05) is 6.54 Å². The van der Waals surface area contributed by atoms with Crippen molar-refractivity contribution in [2.45, 2.75) is 50.9 Å². The van der Waals surface area contributed by atoms with Crippen LogP contribution in [0.1, 0.15) is 49.9 Å². The van der Waals surface area contributed by atoms with Crippen LogP contribution in [0.25, 0.3) is 11.0 Å². The van der Waals surface area contributed by atoms with Crippen LogP contribution in [0.5, 0.6) is 0 Å². The molecule has 3 rings (SSSR count). The Bertz CT molecular complexity index is 562. The molecule has 0 radical (unpaired) electrons. The molecular weight excluding hydrogens is 234 g/mol. The van der Waals surface area contributed by atoms with Gasteiger partial charge in [0.2, 0.25) is 0 Å². The van der Waals surface area contributed by atoms with Gasteiger partial charge in [-0.25, -0.2) is 4.98 Å². The van der Waals surface area contributed by atoms with Gasteiger partial charge < -0.3 is 10.7 Å². The Morgan fingerprint density at radius 3 is 2.58 bits per heavy atom. The predicted octanol–water partition coefficient (Wildman–Crippen LogP) is 3.42. The van der Waals surface area contributed by atoms with Crippen molar-refractivity contribution in [3.8, 4) is 0 Å². The van der Waals surface area contributed by atoms with Crippen LogP contribution in [0.2, 0.25) is 0 Å². The first-order chi connectivity index (χ1) is 9.25. The second-order valence-electron chi connectivity index (χ2n) is 5.96. The number of imidazole rings is 1. The molecule has 3 heteroatoms. The molecule has 0 amide bonds. The molecule has 19 heavy (non-hydrogen) atoms. The number of H-pyrrole nitrogens is 1. The summed E-state index contributed by atoms with van der Waals surface area (Å²) in [4.78, 5) is 8.42. The highest BCUT2D eigenvalue weighted by atomic mass is 15.0. The zero-order chi connectivity index (χ0) is 13.3. The molecule has 0 aliphatic heterocycles. The predicted molar refractivity (Wildman–Crippen MR) is 79.3 cm³/mol. The van der Waals surface area contributed by atoms with E-state index in [1.165, 1.54) is 44.1 Å². The summed E-state index contributed by atoms with van der Waals surface area (Å²) in [5.41, 5.74) is 9.70. The Morgan fingerprint density at radius 1 is 1.21 bits per heavy atom. The largest absolute Gasteiger partial charge is 0.341 e. The number of benzene rings is 1. The first-order valence-corrected chi connectivity index (χ1v) is 7.41. The topological polar surface area (TPSA) is 54.7 Å². The third kappa shape index (κ3) is 2.16. The highest BCUT2D eigenvalue weighted by Gasteiger charge is 2.34. The lowest BCUT2D eigenvalue weighted by Gasteiger charge is -2.29. The van der Waals surface area contributed by atoms with Gasteiger partial charge in [0.25, 0.3) is 0 Å². The molecular formula is C16H23N3. The van der Waals surface area contributed by atoms with E-state index in [1.54, 1.807) is 0 Å². The molecule has 1 aliphatic rings. The van der Waals surface area contributed by atoms with Gasteiger partial charge in [-0.05, 0) is 31.4 Å². The van der Waals surface area contributed by atoms with Gasteiger partial charge in [-0.1, -0.05) is 37.8 Å². The highest BCUT2D eigenvalue weighted by Crippen LogP contribution is 2.37. The van der Waals surface area contributed by atoms with E-state index in [0.717, 1.165) is 16.9 Å². The molecule has 1 aromatic carbocycles. The number of fused-ring (bicyclic) bond motifs is 1. The zero-order valence-corrected chi connectivity index (χ0v) is 11.7. The van der Waals surface area contributed by atoms with Gasteiger partial charge in [0, 0.05) is 12.0 Å². The normalized spacial score (nSPS) is 19.5. The number of nitrogens with one attached hydrogen (secondary N) is 1. The number of hydrogen-bond acceptors (Lipinski definition) is 2. The Morgan fingerprint density at radius 2 is 1.95 bits per heavy atom. The van der Waals surface area contributed by atoms with Crippen LogP contribution in [0.15, 0.2) is 18.2 Å². The monoisotopic (exact) mass is 257 g/mol. The number of aromatic amines is 1. The number of hydrogen-bond donors (Lipinski definition) is 2. The van der Waals surface area contributed by atoms with Crippen LogP contribution in [0.4, 0.5) is 0 Å². The summed E-state index contributed by atoms with van der Waals surface area (Å²) in [7, 11) is 0.